The fourth-order valence-corrected chi connectivity index (χ4v) is 2.46. The van der Waals surface area contributed by atoms with Gasteiger partial charge in [0.1, 0.15) is 4.60 Å². The van der Waals surface area contributed by atoms with E-state index < -0.39 is 0 Å². The van der Waals surface area contributed by atoms with Crippen LogP contribution in [0.4, 0.5) is 5.82 Å². The van der Waals surface area contributed by atoms with Crippen LogP contribution in [-0.2, 0) is 16.1 Å². The highest BCUT2D eigenvalue weighted by Gasteiger charge is 2.43. The molecular formula is C16H16BrN3O2. The van der Waals surface area contributed by atoms with E-state index in [2.05, 4.69) is 31.2 Å². The number of hydrogen-bond donors (Lipinski definition) is 1. The summed E-state index contributed by atoms with van der Waals surface area (Å²) in [4.78, 5) is 20.2. The van der Waals surface area contributed by atoms with E-state index >= 15 is 0 Å². The van der Waals surface area contributed by atoms with Crippen LogP contribution in [0.15, 0.2) is 47.3 Å². The first-order valence-corrected chi connectivity index (χ1v) is 7.92. The van der Waals surface area contributed by atoms with E-state index in [-0.39, 0.29) is 11.8 Å². The molecule has 1 fully saturated rings. The van der Waals surface area contributed by atoms with Crippen LogP contribution < -0.4 is 5.32 Å². The molecule has 0 aliphatic heterocycles. The van der Waals surface area contributed by atoms with E-state index in [9.17, 15) is 4.79 Å². The SMILES string of the molecule is O=C(Nc1cnc(Br)cn1)[C@@H]1C[C@@H]1COCc1ccccc1. The van der Waals surface area contributed by atoms with Gasteiger partial charge in [0.15, 0.2) is 5.82 Å². The molecule has 0 saturated heterocycles. The van der Waals surface area contributed by atoms with Gasteiger partial charge in [0.25, 0.3) is 0 Å². The van der Waals surface area contributed by atoms with Gasteiger partial charge >= 0.3 is 0 Å². The summed E-state index contributed by atoms with van der Waals surface area (Å²) in [6.45, 7) is 1.20. The minimum atomic E-state index is -0.00932. The van der Waals surface area contributed by atoms with Crippen LogP contribution >= 0.6 is 15.9 Å². The number of amides is 1. The summed E-state index contributed by atoms with van der Waals surface area (Å²) in [5, 5.41) is 2.78. The maximum atomic E-state index is 12.1. The van der Waals surface area contributed by atoms with Crippen LogP contribution in [0.2, 0.25) is 0 Å². The molecule has 1 aliphatic carbocycles. The summed E-state index contributed by atoms with van der Waals surface area (Å²) < 4.78 is 6.32. The summed E-state index contributed by atoms with van der Waals surface area (Å²) in [6.07, 6.45) is 3.96. The number of benzene rings is 1. The topological polar surface area (TPSA) is 64.1 Å². The highest BCUT2D eigenvalue weighted by atomic mass is 79.9. The van der Waals surface area contributed by atoms with Crippen molar-refractivity contribution in [3.63, 3.8) is 0 Å². The fourth-order valence-electron chi connectivity index (χ4n) is 2.25. The van der Waals surface area contributed by atoms with Gasteiger partial charge in [-0.1, -0.05) is 30.3 Å². The minimum Gasteiger partial charge on any atom is -0.376 e. The lowest BCUT2D eigenvalue weighted by Crippen LogP contribution is -2.16. The Morgan fingerprint density at radius 3 is 2.82 bits per heavy atom. The Bertz CT molecular complexity index is 634. The van der Waals surface area contributed by atoms with Crippen molar-refractivity contribution < 1.29 is 9.53 Å². The van der Waals surface area contributed by atoms with Gasteiger partial charge in [0, 0.05) is 5.92 Å². The number of nitrogens with one attached hydrogen (secondary N) is 1. The predicted molar refractivity (Wildman–Crippen MR) is 86.1 cm³/mol. The molecule has 0 bridgehead atoms. The van der Waals surface area contributed by atoms with Crippen LogP contribution in [0.25, 0.3) is 0 Å². The number of hydrogen-bond acceptors (Lipinski definition) is 4. The van der Waals surface area contributed by atoms with Gasteiger partial charge in [-0.3, -0.25) is 4.79 Å². The van der Waals surface area contributed by atoms with E-state index in [0.717, 1.165) is 12.0 Å². The molecule has 1 aliphatic rings. The summed E-state index contributed by atoms with van der Waals surface area (Å²) in [5.74, 6) is 0.780. The molecule has 114 valence electrons. The molecule has 1 heterocycles. The van der Waals surface area contributed by atoms with Crippen molar-refractivity contribution in [1.29, 1.82) is 0 Å². The normalized spacial score (nSPS) is 19.7. The third kappa shape index (κ3) is 4.11. The number of aromatic nitrogens is 2. The van der Waals surface area contributed by atoms with Crippen LogP contribution in [0.5, 0.6) is 0 Å². The molecule has 1 aromatic heterocycles. The number of halogens is 1. The molecule has 5 nitrogen and oxygen atoms in total. The Balaban J connectivity index is 1.40. The molecule has 6 heteroatoms. The maximum absolute atomic E-state index is 12.1. The van der Waals surface area contributed by atoms with Crippen molar-refractivity contribution in [1.82, 2.24) is 9.97 Å². The summed E-state index contributed by atoms with van der Waals surface area (Å²) >= 11 is 3.21. The van der Waals surface area contributed by atoms with Crippen molar-refractivity contribution in [2.24, 2.45) is 11.8 Å². The standard InChI is InChI=1S/C16H16BrN3O2/c17-14-7-19-15(8-18-14)20-16(21)13-6-12(13)10-22-9-11-4-2-1-3-5-11/h1-5,7-8,12-13H,6,9-10H2,(H,19,20,21)/t12-,13-/m1/s1. The molecule has 3 rings (SSSR count). The molecule has 1 amide bonds. The number of ether oxygens (including phenoxy) is 1. The van der Waals surface area contributed by atoms with Gasteiger partial charge in [-0.05, 0) is 33.8 Å². The van der Waals surface area contributed by atoms with E-state index in [1.165, 1.54) is 6.20 Å². The largest absolute Gasteiger partial charge is 0.376 e. The minimum absolute atomic E-state index is 0.00932. The molecule has 1 aromatic carbocycles. The molecule has 2 atom stereocenters. The zero-order chi connectivity index (χ0) is 15.4. The summed E-state index contributed by atoms with van der Waals surface area (Å²) in [6, 6.07) is 10.0. The van der Waals surface area contributed by atoms with Gasteiger partial charge in [-0.2, -0.15) is 0 Å². The molecule has 22 heavy (non-hydrogen) atoms. The predicted octanol–water partition coefficient (Wildman–Crippen LogP) is 3.03. The number of anilines is 1. The average molecular weight is 362 g/mol. The Morgan fingerprint density at radius 2 is 2.09 bits per heavy atom. The fraction of sp³-hybridized carbons (Fsp3) is 0.312. The van der Waals surface area contributed by atoms with Gasteiger partial charge in [0.2, 0.25) is 5.91 Å². The van der Waals surface area contributed by atoms with E-state index in [4.69, 9.17) is 4.74 Å². The van der Waals surface area contributed by atoms with Crippen LogP contribution in [0.3, 0.4) is 0 Å². The molecule has 0 unspecified atom stereocenters. The lowest BCUT2D eigenvalue weighted by Gasteiger charge is -2.05. The van der Waals surface area contributed by atoms with Crippen molar-refractivity contribution in [2.75, 3.05) is 11.9 Å². The third-order valence-electron chi connectivity index (χ3n) is 3.57. The van der Waals surface area contributed by atoms with Crippen LogP contribution in [-0.4, -0.2) is 22.5 Å². The maximum Gasteiger partial charge on any atom is 0.229 e. The molecular weight excluding hydrogens is 346 g/mol. The van der Waals surface area contributed by atoms with Crippen molar-refractivity contribution in [2.45, 2.75) is 13.0 Å². The quantitative estimate of drug-likeness (QED) is 0.858. The Hall–Kier alpha value is -1.79. The molecule has 1 saturated carbocycles. The van der Waals surface area contributed by atoms with Gasteiger partial charge in [-0.15, -0.1) is 0 Å². The van der Waals surface area contributed by atoms with Crippen LogP contribution in [0, 0.1) is 11.8 Å². The molecule has 1 N–H and O–H groups in total. The number of carbonyl (C=O) groups is 1. The number of carbonyl (C=O) groups excluding carboxylic acids is 1. The highest BCUT2D eigenvalue weighted by molar-refractivity contribution is 9.10. The first kappa shape index (κ1) is 15.1. The lowest BCUT2D eigenvalue weighted by molar-refractivity contribution is -0.117. The van der Waals surface area contributed by atoms with Crippen molar-refractivity contribution in [3.8, 4) is 0 Å². The molecule has 2 aromatic rings. The van der Waals surface area contributed by atoms with Gasteiger partial charge < -0.3 is 10.1 Å². The van der Waals surface area contributed by atoms with Gasteiger partial charge in [0.05, 0.1) is 25.6 Å². The Morgan fingerprint density at radius 1 is 1.27 bits per heavy atom. The second kappa shape index (κ2) is 6.98. The summed E-state index contributed by atoms with van der Waals surface area (Å²) in [7, 11) is 0. The first-order valence-electron chi connectivity index (χ1n) is 7.12. The number of nitrogens with zero attached hydrogens (tertiary/aromatic N) is 2. The third-order valence-corrected chi connectivity index (χ3v) is 3.98. The van der Waals surface area contributed by atoms with E-state index in [1.807, 2.05) is 30.3 Å². The second-order valence-electron chi connectivity index (χ2n) is 5.32. The average Bonchev–Trinajstić information content (AvgIpc) is 3.30. The first-order chi connectivity index (χ1) is 10.7. The van der Waals surface area contributed by atoms with Crippen molar-refractivity contribution >= 4 is 27.7 Å². The summed E-state index contributed by atoms with van der Waals surface area (Å²) in [5.41, 5.74) is 1.15. The zero-order valence-electron chi connectivity index (χ0n) is 11.9. The van der Waals surface area contributed by atoms with Gasteiger partial charge in [-0.25, -0.2) is 9.97 Å². The van der Waals surface area contributed by atoms with Crippen LogP contribution in [0.1, 0.15) is 12.0 Å². The molecule has 0 spiro atoms. The lowest BCUT2D eigenvalue weighted by atomic mass is 10.2. The zero-order valence-corrected chi connectivity index (χ0v) is 13.5. The highest BCUT2D eigenvalue weighted by Crippen LogP contribution is 2.39. The Labute approximate surface area is 137 Å². The van der Waals surface area contributed by atoms with Crippen molar-refractivity contribution in [3.05, 3.63) is 52.9 Å². The Kier molecular flexibility index (Phi) is 4.80. The van der Waals surface area contributed by atoms with E-state index in [0.29, 0.717) is 29.6 Å². The smallest absolute Gasteiger partial charge is 0.229 e. The molecule has 0 radical (unpaired) electrons. The monoisotopic (exact) mass is 361 g/mol. The van der Waals surface area contributed by atoms with E-state index in [1.54, 1.807) is 6.20 Å². The number of rotatable bonds is 6. The second-order valence-corrected chi connectivity index (χ2v) is 6.13.